The molecule has 3 N–H and O–H groups in total. The van der Waals surface area contributed by atoms with Gasteiger partial charge in [0.2, 0.25) is 5.91 Å². The lowest BCUT2D eigenvalue weighted by atomic mass is 10.2. The molecule has 1 aliphatic heterocycles. The van der Waals surface area contributed by atoms with Gasteiger partial charge in [-0.3, -0.25) is 9.79 Å². The summed E-state index contributed by atoms with van der Waals surface area (Å²) < 4.78 is 11.0. The van der Waals surface area contributed by atoms with Gasteiger partial charge in [-0.15, -0.1) is 24.0 Å². The Kier molecular flexibility index (Phi) is 13.7. The van der Waals surface area contributed by atoms with E-state index >= 15 is 0 Å². The summed E-state index contributed by atoms with van der Waals surface area (Å²) in [6, 6.07) is 9.89. The third-order valence-corrected chi connectivity index (χ3v) is 4.14. The van der Waals surface area contributed by atoms with Crippen LogP contribution in [-0.4, -0.2) is 57.4 Å². The molecule has 1 heterocycles. The number of amides is 1. The molecule has 1 atom stereocenters. The van der Waals surface area contributed by atoms with Crippen molar-refractivity contribution in [3.8, 4) is 0 Å². The normalized spacial score (nSPS) is 16.3. The van der Waals surface area contributed by atoms with Gasteiger partial charge in [0.15, 0.2) is 5.96 Å². The molecule has 0 radical (unpaired) electrons. The summed E-state index contributed by atoms with van der Waals surface area (Å²) in [7, 11) is 0. The van der Waals surface area contributed by atoms with Gasteiger partial charge in [-0.2, -0.15) is 0 Å². The van der Waals surface area contributed by atoms with Crippen molar-refractivity contribution in [1.82, 2.24) is 16.0 Å². The van der Waals surface area contributed by atoms with Gasteiger partial charge in [-0.05, 0) is 25.3 Å². The van der Waals surface area contributed by atoms with Crippen molar-refractivity contribution < 1.29 is 14.3 Å². The average Bonchev–Trinajstić information content (AvgIpc) is 3.20. The van der Waals surface area contributed by atoms with Crippen molar-refractivity contribution in [2.24, 2.45) is 4.99 Å². The molecular weight excluding hydrogens is 471 g/mol. The molecule has 0 spiro atoms. The summed E-state index contributed by atoms with van der Waals surface area (Å²) in [5, 5.41) is 9.32. The van der Waals surface area contributed by atoms with Crippen molar-refractivity contribution in [2.75, 3.05) is 39.5 Å². The number of carbonyl (C=O) groups excluding carboxylic acids is 1. The van der Waals surface area contributed by atoms with E-state index in [2.05, 4.69) is 20.9 Å². The van der Waals surface area contributed by atoms with Crippen LogP contribution in [0.5, 0.6) is 0 Å². The highest BCUT2D eigenvalue weighted by atomic mass is 127. The molecule has 1 amide bonds. The fraction of sp³-hybridized carbons (Fsp3) is 0.600. The van der Waals surface area contributed by atoms with E-state index in [1.807, 2.05) is 37.3 Å². The SMILES string of the molecule is CCNC(=NCCCOC1CCOC1)NCCC(=O)NCc1ccccc1.I. The lowest BCUT2D eigenvalue weighted by molar-refractivity contribution is -0.121. The lowest BCUT2D eigenvalue weighted by Gasteiger charge is -2.12. The number of rotatable bonds is 11. The predicted octanol–water partition coefficient (Wildman–Crippen LogP) is 2.06. The number of ether oxygens (including phenoxy) is 2. The van der Waals surface area contributed by atoms with E-state index in [1.165, 1.54) is 0 Å². The van der Waals surface area contributed by atoms with Crippen LogP contribution in [0.1, 0.15) is 31.7 Å². The maximum Gasteiger partial charge on any atom is 0.222 e. The molecule has 8 heteroatoms. The Labute approximate surface area is 185 Å². The van der Waals surface area contributed by atoms with Crippen molar-refractivity contribution in [1.29, 1.82) is 0 Å². The molecule has 1 fully saturated rings. The summed E-state index contributed by atoms with van der Waals surface area (Å²) in [6.45, 7) is 6.79. The van der Waals surface area contributed by atoms with Crippen LogP contribution in [0.25, 0.3) is 0 Å². The third-order valence-electron chi connectivity index (χ3n) is 4.14. The minimum atomic E-state index is 0. The van der Waals surface area contributed by atoms with E-state index in [1.54, 1.807) is 0 Å². The van der Waals surface area contributed by atoms with Crippen LogP contribution in [0.15, 0.2) is 35.3 Å². The Balaban J connectivity index is 0.00000392. The average molecular weight is 504 g/mol. The molecule has 2 rings (SSSR count). The topological polar surface area (TPSA) is 84.0 Å². The monoisotopic (exact) mass is 504 g/mol. The maximum absolute atomic E-state index is 11.9. The zero-order valence-corrected chi connectivity index (χ0v) is 18.9. The quantitative estimate of drug-likeness (QED) is 0.186. The first-order valence-electron chi connectivity index (χ1n) is 9.80. The van der Waals surface area contributed by atoms with Crippen LogP contribution in [0.3, 0.4) is 0 Å². The van der Waals surface area contributed by atoms with E-state index in [-0.39, 0.29) is 36.0 Å². The third kappa shape index (κ3) is 10.8. The largest absolute Gasteiger partial charge is 0.379 e. The van der Waals surface area contributed by atoms with Crippen LogP contribution in [0.4, 0.5) is 0 Å². The Morgan fingerprint density at radius 3 is 2.79 bits per heavy atom. The fourth-order valence-electron chi connectivity index (χ4n) is 2.67. The molecule has 1 aromatic carbocycles. The minimum absolute atomic E-state index is 0. The molecule has 7 nitrogen and oxygen atoms in total. The predicted molar refractivity (Wildman–Crippen MR) is 122 cm³/mol. The number of halogens is 1. The van der Waals surface area contributed by atoms with E-state index in [4.69, 9.17) is 9.47 Å². The Bertz CT molecular complexity index is 566. The number of guanidine groups is 1. The van der Waals surface area contributed by atoms with Crippen molar-refractivity contribution in [3.63, 3.8) is 0 Å². The van der Waals surface area contributed by atoms with Crippen LogP contribution in [0.2, 0.25) is 0 Å². The van der Waals surface area contributed by atoms with Crippen LogP contribution < -0.4 is 16.0 Å². The smallest absolute Gasteiger partial charge is 0.222 e. The van der Waals surface area contributed by atoms with Gasteiger partial charge in [0, 0.05) is 45.8 Å². The summed E-state index contributed by atoms with van der Waals surface area (Å²) in [5.41, 5.74) is 1.10. The molecule has 1 aliphatic rings. The molecule has 1 aromatic rings. The van der Waals surface area contributed by atoms with Crippen LogP contribution in [0, 0.1) is 0 Å². The Hall–Kier alpha value is -1.39. The maximum atomic E-state index is 11.9. The van der Waals surface area contributed by atoms with Gasteiger partial charge in [0.05, 0.1) is 12.7 Å². The standard InChI is InChI=1S/C20H32N4O3.HI/c1-2-21-20(22-11-6-13-27-18-10-14-26-16-18)23-12-9-19(25)24-15-17-7-4-3-5-8-17;/h3-5,7-8,18H,2,6,9-16H2,1H3,(H,24,25)(H2,21,22,23);1H. The number of hydrogen-bond donors (Lipinski definition) is 3. The van der Waals surface area contributed by atoms with Crippen molar-refractivity contribution in [3.05, 3.63) is 35.9 Å². The number of nitrogens with zero attached hydrogens (tertiary/aromatic N) is 1. The second-order valence-electron chi connectivity index (χ2n) is 6.41. The van der Waals surface area contributed by atoms with Gasteiger partial charge >= 0.3 is 0 Å². The second kappa shape index (κ2) is 15.5. The molecule has 0 saturated carbocycles. The molecule has 1 unspecified atom stereocenters. The summed E-state index contributed by atoms with van der Waals surface area (Å²) in [6.07, 6.45) is 2.50. The molecular formula is C20H33IN4O3. The van der Waals surface area contributed by atoms with Crippen LogP contribution in [-0.2, 0) is 20.8 Å². The summed E-state index contributed by atoms with van der Waals surface area (Å²) in [5.74, 6) is 0.756. The number of carbonyl (C=O) groups is 1. The molecule has 158 valence electrons. The first-order chi connectivity index (χ1) is 13.3. The number of hydrogen-bond acceptors (Lipinski definition) is 4. The number of aliphatic imine (C=N–C) groups is 1. The lowest BCUT2D eigenvalue weighted by Crippen LogP contribution is -2.39. The van der Waals surface area contributed by atoms with E-state index < -0.39 is 0 Å². The second-order valence-corrected chi connectivity index (χ2v) is 6.41. The summed E-state index contributed by atoms with van der Waals surface area (Å²) in [4.78, 5) is 16.5. The van der Waals surface area contributed by atoms with E-state index in [0.717, 1.165) is 37.5 Å². The highest BCUT2D eigenvalue weighted by Crippen LogP contribution is 2.08. The van der Waals surface area contributed by atoms with Gasteiger partial charge in [0.1, 0.15) is 0 Å². The van der Waals surface area contributed by atoms with Crippen LogP contribution >= 0.6 is 24.0 Å². The minimum Gasteiger partial charge on any atom is -0.379 e. The number of benzene rings is 1. The van der Waals surface area contributed by atoms with Gasteiger partial charge in [-0.25, -0.2) is 0 Å². The van der Waals surface area contributed by atoms with Gasteiger partial charge < -0.3 is 25.4 Å². The zero-order chi connectivity index (χ0) is 19.2. The van der Waals surface area contributed by atoms with Crippen molar-refractivity contribution >= 4 is 35.8 Å². The van der Waals surface area contributed by atoms with Gasteiger partial charge in [0.25, 0.3) is 0 Å². The highest BCUT2D eigenvalue weighted by Gasteiger charge is 2.15. The van der Waals surface area contributed by atoms with E-state index in [0.29, 0.717) is 39.3 Å². The van der Waals surface area contributed by atoms with Gasteiger partial charge in [-0.1, -0.05) is 30.3 Å². The molecule has 28 heavy (non-hydrogen) atoms. The number of nitrogens with one attached hydrogen (secondary N) is 3. The molecule has 1 saturated heterocycles. The first-order valence-corrected chi connectivity index (χ1v) is 9.80. The zero-order valence-electron chi connectivity index (χ0n) is 16.6. The Morgan fingerprint density at radius 2 is 2.07 bits per heavy atom. The van der Waals surface area contributed by atoms with Crippen molar-refractivity contribution in [2.45, 2.75) is 38.8 Å². The highest BCUT2D eigenvalue weighted by molar-refractivity contribution is 14.0. The molecule has 0 aromatic heterocycles. The fourth-order valence-corrected chi connectivity index (χ4v) is 2.67. The summed E-state index contributed by atoms with van der Waals surface area (Å²) >= 11 is 0. The first kappa shape index (κ1) is 24.6. The Morgan fingerprint density at radius 1 is 1.25 bits per heavy atom. The van der Waals surface area contributed by atoms with E-state index in [9.17, 15) is 4.79 Å². The molecule has 0 bridgehead atoms. The molecule has 0 aliphatic carbocycles.